The Morgan fingerprint density at radius 2 is 0.967 bits per heavy atom. The summed E-state index contributed by atoms with van der Waals surface area (Å²) in [5.74, 6) is 3.71. The van der Waals surface area contributed by atoms with Gasteiger partial charge in [-0.05, 0) is 64.9 Å². The molecule has 0 saturated heterocycles. The third-order valence-electron chi connectivity index (χ3n) is 9.90. The fourth-order valence-electron chi connectivity index (χ4n) is 7.43. The first-order valence-corrected chi connectivity index (χ1v) is 19.9. The van der Waals surface area contributed by atoms with Gasteiger partial charge in [0.05, 0.1) is 0 Å². The molecule has 4 aromatic heterocycles. The van der Waals surface area contributed by atoms with E-state index >= 15 is 0 Å². The molecule has 7 nitrogen and oxygen atoms in total. The molecule has 0 aliphatic heterocycles. The first-order valence-electron chi connectivity index (χ1n) is 19.9. The van der Waals surface area contributed by atoms with Gasteiger partial charge in [0.2, 0.25) is 5.95 Å². The molecule has 0 radical (unpaired) electrons. The molecule has 61 heavy (non-hydrogen) atoms. The molecule has 0 bridgehead atoms. The van der Waals surface area contributed by atoms with E-state index in [4.69, 9.17) is 19.4 Å². The zero-order chi connectivity index (χ0) is 40.3. The molecular formula is C52H41N5O2Pd2. The summed E-state index contributed by atoms with van der Waals surface area (Å²) in [7, 11) is 0. The van der Waals surface area contributed by atoms with Crippen molar-refractivity contribution in [2.45, 2.75) is 40.5 Å². The van der Waals surface area contributed by atoms with Gasteiger partial charge in [-0.15, -0.1) is 71.8 Å². The van der Waals surface area contributed by atoms with Crippen LogP contribution in [0.5, 0.6) is 23.0 Å². The van der Waals surface area contributed by atoms with Crippen LogP contribution in [0.1, 0.15) is 38.8 Å². The summed E-state index contributed by atoms with van der Waals surface area (Å²) in [6.07, 6.45) is 9.37. The predicted molar refractivity (Wildman–Crippen MR) is 234 cm³/mol. The number of benzene rings is 5. The molecule has 0 spiro atoms. The Bertz CT molecular complexity index is 2730. The first-order chi connectivity index (χ1) is 28.8. The maximum absolute atomic E-state index is 6.40. The van der Waals surface area contributed by atoms with Crippen LogP contribution in [-0.4, -0.2) is 24.5 Å². The van der Waals surface area contributed by atoms with Gasteiger partial charge in [-0.2, -0.15) is 22.9 Å². The fraction of sp³-hybridized carbons (Fsp3) is 0.154. The number of fused-ring (bicyclic) bond motifs is 3. The van der Waals surface area contributed by atoms with Gasteiger partial charge in [0.1, 0.15) is 0 Å². The smallest absolute Gasteiger partial charge is 0.503 e. The summed E-state index contributed by atoms with van der Waals surface area (Å²) >= 11 is 0. The van der Waals surface area contributed by atoms with E-state index in [2.05, 4.69) is 80.1 Å². The largest absolute Gasteiger partial charge is 2.00 e. The van der Waals surface area contributed by atoms with Gasteiger partial charge in [-0.3, -0.25) is 0 Å². The van der Waals surface area contributed by atoms with Crippen molar-refractivity contribution in [2.24, 2.45) is 11.8 Å². The quantitative estimate of drug-likeness (QED) is 0.0897. The second-order valence-corrected chi connectivity index (χ2v) is 15.5. The molecule has 306 valence electrons. The number of ether oxygens (including phenoxy) is 2. The van der Waals surface area contributed by atoms with Crippen LogP contribution in [0.4, 0.5) is 0 Å². The van der Waals surface area contributed by atoms with Crippen molar-refractivity contribution in [3.05, 3.63) is 175 Å². The normalized spacial score (nSPS) is 11.1. The van der Waals surface area contributed by atoms with Gasteiger partial charge in [-0.1, -0.05) is 93.3 Å². The Morgan fingerprint density at radius 1 is 0.492 bits per heavy atom. The van der Waals surface area contributed by atoms with Crippen molar-refractivity contribution < 1.29 is 50.3 Å². The number of rotatable bonds is 12. The summed E-state index contributed by atoms with van der Waals surface area (Å²) in [4.78, 5) is 19.0. The molecule has 0 aliphatic carbocycles. The molecule has 4 heterocycles. The van der Waals surface area contributed by atoms with Crippen molar-refractivity contribution in [3.8, 4) is 62.6 Å². The van der Waals surface area contributed by atoms with Crippen LogP contribution in [0.15, 0.2) is 140 Å². The average Bonchev–Trinajstić information content (AvgIpc) is 3.56. The predicted octanol–water partition coefficient (Wildman–Crippen LogP) is 12.5. The fourth-order valence-corrected chi connectivity index (χ4v) is 7.43. The van der Waals surface area contributed by atoms with E-state index in [1.54, 1.807) is 12.4 Å². The molecule has 5 aromatic carbocycles. The van der Waals surface area contributed by atoms with Crippen molar-refractivity contribution in [1.82, 2.24) is 24.5 Å². The molecule has 9 aromatic rings. The maximum atomic E-state index is 6.40. The Kier molecular flexibility index (Phi) is 13.7. The molecule has 0 fully saturated rings. The number of hydrogen-bond acceptors (Lipinski definition) is 6. The molecule has 0 amide bonds. The van der Waals surface area contributed by atoms with Crippen LogP contribution in [-0.2, 0) is 53.7 Å². The minimum atomic E-state index is 0. The Labute approximate surface area is 384 Å². The molecule has 0 atom stereocenters. The molecule has 0 N–H and O–H groups in total. The number of hydrogen-bond donors (Lipinski definition) is 0. The molecule has 0 saturated carbocycles. The molecular weight excluding hydrogens is 939 g/mol. The van der Waals surface area contributed by atoms with Crippen LogP contribution >= 0.6 is 0 Å². The van der Waals surface area contributed by atoms with E-state index in [0.717, 1.165) is 68.3 Å². The van der Waals surface area contributed by atoms with Crippen LogP contribution < -0.4 is 9.47 Å². The molecule has 9 rings (SSSR count). The summed E-state index contributed by atoms with van der Waals surface area (Å²) in [6.45, 7) is 9.03. The Hall–Kier alpha value is -5.80. The molecule has 9 heteroatoms. The van der Waals surface area contributed by atoms with E-state index in [1.165, 1.54) is 11.1 Å². The maximum Gasteiger partial charge on any atom is 2.00 e. The van der Waals surface area contributed by atoms with Gasteiger partial charge >= 0.3 is 40.8 Å². The van der Waals surface area contributed by atoms with Gasteiger partial charge in [0.15, 0.2) is 0 Å². The van der Waals surface area contributed by atoms with Crippen LogP contribution in [0, 0.1) is 36.1 Å². The standard InChI is InChI=1S/C52H41N5O2.2Pd/c1-34(2)23-36-25-37(24-35(3)4)27-40(26-36)41-32-55-52(56-33-41)57-50-30-44(58-42-13-9-11-38(28-42)48-15-5-7-21-53-48)17-19-46(50)47-20-18-45(31-51(47)57)59-43-14-10-12-39(29-43)49-16-6-8-22-54-49;;/h5-22,25-27,32-35H,23-24H2,1-4H3;;/q-4;2*+2. The van der Waals surface area contributed by atoms with Crippen LogP contribution in [0.25, 0.3) is 61.4 Å². The van der Waals surface area contributed by atoms with E-state index in [0.29, 0.717) is 40.8 Å². The van der Waals surface area contributed by atoms with Gasteiger partial charge < -0.3 is 24.0 Å². The van der Waals surface area contributed by atoms with E-state index in [9.17, 15) is 0 Å². The van der Waals surface area contributed by atoms with Gasteiger partial charge in [0.25, 0.3) is 0 Å². The summed E-state index contributed by atoms with van der Waals surface area (Å²) in [6, 6.07) is 51.7. The van der Waals surface area contributed by atoms with E-state index in [1.807, 2.05) is 114 Å². The third-order valence-corrected chi connectivity index (χ3v) is 9.90. The second-order valence-electron chi connectivity index (χ2n) is 15.5. The van der Waals surface area contributed by atoms with Gasteiger partial charge in [-0.25, -0.2) is 9.97 Å². The minimum absolute atomic E-state index is 0. The van der Waals surface area contributed by atoms with Crippen molar-refractivity contribution in [3.63, 3.8) is 0 Å². The van der Waals surface area contributed by atoms with E-state index < -0.39 is 0 Å². The SMILES string of the molecule is CC(C)Cc1cc(CC(C)C)cc(-c2cnc(-n3c4[c-]c(Oc5[c-]c(-c6ccccn6)ccc5)ccc4c4ccc(Oc5[c-]c(-c6ccccn6)ccc5)[c-]c43)nc2)c1.[Pd+2].[Pd+2]. The topological polar surface area (TPSA) is 75.0 Å². The summed E-state index contributed by atoms with van der Waals surface area (Å²) in [5, 5.41) is 1.88. The second kappa shape index (κ2) is 19.3. The average molecular weight is 981 g/mol. The number of aromatic nitrogens is 5. The van der Waals surface area contributed by atoms with Crippen LogP contribution in [0.3, 0.4) is 0 Å². The monoisotopic (exact) mass is 979 g/mol. The van der Waals surface area contributed by atoms with E-state index in [-0.39, 0.29) is 40.8 Å². The Balaban J connectivity index is 0.00000281. The first kappa shape index (κ1) is 43.3. The van der Waals surface area contributed by atoms with Crippen molar-refractivity contribution in [2.75, 3.05) is 0 Å². The molecule has 0 unspecified atom stereocenters. The number of nitrogens with zero attached hydrogens (tertiary/aromatic N) is 5. The van der Waals surface area contributed by atoms with Gasteiger partial charge in [0, 0.05) is 53.3 Å². The molecule has 0 aliphatic rings. The minimum Gasteiger partial charge on any atom is -0.503 e. The third kappa shape index (κ3) is 9.89. The number of pyridine rings is 2. The van der Waals surface area contributed by atoms with Crippen molar-refractivity contribution >= 4 is 21.8 Å². The van der Waals surface area contributed by atoms with Crippen molar-refractivity contribution in [1.29, 1.82) is 0 Å². The Morgan fingerprint density at radius 3 is 1.41 bits per heavy atom. The zero-order valence-electron chi connectivity index (χ0n) is 34.0. The van der Waals surface area contributed by atoms with Crippen LogP contribution in [0.2, 0.25) is 0 Å². The summed E-state index contributed by atoms with van der Waals surface area (Å²) < 4.78 is 14.8. The summed E-state index contributed by atoms with van der Waals surface area (Å²) in [5.41, 5.74) is 9.51. The zero-order valence-corrected chi connectivity index (χ0v) is 37.1.